The molecule has 7 heteroatoms. The number of hydrogen-bond acceptors (Lipinski definition) is 5. The molecule has 7 nitrogen and oxygen atoms in total. The standard InChI is InChI=1S/C23H23N5O2/c29-22-9-8-19(25-28(22)16-23(30)10-12-24-13-11-23)18-7-4-14-27-21(18)15-20(26-27)17-5-2-1-3-6-17/h1-9,14-15,24,30H,10-13,16H2. The molecule has 5 rings (SSSR count). The van der Waals surface area contributed by atoms with Crippen LogP contribution in [-0.2, 0) is 6.54 Å². The van der Waals surface area contributed by atoms with Crippen LogP contribution in [0.3, 0.4) is 0 Å². The second-order valence-electron chi connectivity index (χ2n) is 7.84. The fourth-order valence-corrected chi connectivity index (χ4v) is 4.02. The summed E-state index contributed by atoms with van der Waals surface area (Å²) in [6, 6.07) is 19.2. The molecule has 4 heterocycles. The van der Waals surface area contributed by atoms with E-state index in [0.717, 1.165) is 35.4 Å². The Bertz CT molecular complexity index is 1240. The lowest BCUT2D eigenvalue weighted by Crippen LogP contribution is -2.46. The third-order valence-corrected chi connectivity index (χ3v) is 5.69. The highest BCUT2D eigenvalue weighted by Crippen LogP contribution is 2.27. The van der Waals surface area contributed by atoms with Crippen LogP contribution in [0.2, 0.25) is 0 Å². The molecule has 30 heavy (non-hydrogen) atoms. The van der Waals surface area contributed by atoms with E-state index in [9.17, 15) is 9.90 Å². The molecule has 1 aromatic carbocycles. The van der Waals surface area contributed by atoms with Gasteiger partial charge in [0.05, 0.1) is 29.1 Å². The van der Waals surface area contributed by atoms with Gasteiger partial charge in [0.1, 0.15) is 0 Å². The molecule has 0 radical (unpaired) electrons. The molecule has 0 atom stereocenters. The molecule has 2 N–H and O–H groups in total. The Morgan fingerprint density at radius 3 is 2.57 bits per heavy atom. The predicted octanol–water partition coefficient (Wildman–Crippen LogP) is 2.34. The van der Waals surface area contributed by atoms with Crippen LogP contribution >= 0.6 is 0 Å². The molecule has 3 aromatic heterocycles. The van der Waals surface area contributed by atoms with Gasteiger partial charge in [-0.2, -0.15) is 10.2 Å². The molecule has 0 bridgehead atoms. The predicted molar refractivity (Wildman–Crippen MR) is 115 cm³/mol. The zero-order valence-electron chi connectivity index (χ0n) is 16.5. The molecule has 0 aliphatic carbocycles. The van der Waals surface area contributed by atoms with Crippen molar-refractivity contribution in [3.8, 4) is 22.5 Å². The molecule has 1 aliphatic rings. The fraction of sp³-hybridized carbons (Fsp3) is 0.261. The largest absolute Gasteiger partial charge is 0.388 e. The average Bonchev–Trinajstić information content (AvgIpc) is 3.21. The normalized spacial score (nSPS) is 16.0. The number of hydrogen-bond donors (Lipinski definition) is 2. The minimum absolute atomic E-state index is 0.193. The Hall–Kier alpha value is -3.29. The second-order valence-corrected chi connectivity index (χ2v) is 7.84. The topological polar surface area (TPSA) is 84.5 Å². The first-order valence-corrected chi connectivity index (χ1v) is 10.2. The van der Waals surface area contributed by atoms with Crippen molar-refractivity contribution < 1.29 is 5.11 Å². The summed E-state index contributed by atoms with van der Waals surface area (Å²) in [5, 5.41) is 23.4. The lowest BCUT2D eigenvalue weighted by atomic mass is 9.92. The summed E-state index contributed by atoms with van der Waals surface area (Å²) in [7, 11) is 0. The third-order valence-electron chi connectivity index (χ3n) is 5.69. The van der Waals surface area contributed by atoms with E-state index in [4.69, 9.17) is 0 Å². The Labute approximate surface area is 173 Å². The van der Waals surface area contributed by atoms with Crippen LogP contribution in [0.25, 0.3) is 28.0 Å². The van der Waals surface area contributed by atoms with Gasteiger partial charge in [-0.1, -0.05) is 30.3 Å². The SMILES string of the molecule is O=c1ccc(-c2cccn3nc(-c4ccccc4)cc23)nn1CC1(O)CCNCC1. The van der Waals surface area contributed by atoms with Gasteiger partial charge in [-0.3, -0.25) is 4.79 Å². The van der Waals surface area contributed by atoms with Crippen molar-refractivity contribution in [1.82, 2.24) is 24.7 Å². The van der Waals surface area contributed by atoms with E-state index in [1.54, 1.807) is 6.07 Å². The summed E-state index contributed by atoms with van der Waals surface area (Å²) in [6.45, 7) is 1.67. The minimum Gasteiger partial charge on any atom is -0.388 e. The van der Waals surface area contributed by atoms with E-state index in [-0.39, 0.29) is 12.1 Å². The van der Waals surface area contributed by atoms with Gasteiger partial charge in [0.2, 0.25) is 0 Å². The van der Waals surface area contributed by atoms with Crippen LogP contribution in [-0.4, -0.2) is 43.2 Å². The number of aliphatic hydroxyl groups is 1. The number of rotatable bonds is 4. The van der Waals surface area contributed by atoms with Crippen molar-refractivity contribution in [3.05, 3.63) is 77.2 Å². The van der Waals surface area contributed by atoms with Gasteiger partial charge in [-0.15, -0.1) is 0 Å². The first-order valence-electron chi connectivity index (χ1n) is 10.2. The highest BCUT2D eigenvalue weighted by Gasteiger charge is 2.30. The summed E-state index contributed by atoms with van der Waals surface area (Å²) in [5.74, 6) is 0. The molecule has 0 spiro atoms. The summed E-state index contributed by atoms with van der Waals surface area (Å²) in [4.78, 5) is 12.4. The minimum atomic E-state index is -0.913. The van der Waals surface area contributed by atoms with E-state index in [1.807, 2.05) is 59.2 Å². The quantitative estimate of drug-likeness (QED) is 0.548. The lowest BCUT2D eigenvalue weighted by molar-refractivity contribution is -0.00934. The second kappa shape index (κ2) is 7.51. The number of pyridine rings is 1. The highest BCUT2D eigenvalue weighted by atomic mass is 16.3. The van der Waals surface area contributed by atoms with E-state index in [2.05, 4.69) is 15.5 Å². The first-order chi connectivity index (χ1) is 14.6. The monoisotopic (exact) mass is 401 g/mol. The van der Waals surface area contributed by atoms with Crippen LogP contribution in [0.15, 0.2) is 71.7 Å². The van der Waals surface area contributed by atoms with Crippen molar-refractivity contribution in [1.29, 1.82) is 0 Å². The molecule has 1 saturated heterocycles. The van der Waals surface area contributed by atoms with Crippen molar-refractivity contribution >= 4 is 5.52 Å². The van der Waals surface area contributed by atoms with Gasteiger partial charge in [-0.05, 0) is 50.2 Å². The van der Waals surface area contributed by atoms with Crippen molar-refractivity contribution in [3.63, 3.8) is 0 Å². The van der Waals surface area contributed by atoms with Crippen molar-refractivity contribution in [2.24, 2.45) is 0 Å². The van der Waals surface area contributed by atoms with Gasteiger partial charge >= 0.3 is 0 Å². The van der Waals surface area contributed by atoms with Crippen molar-refractivity contribution in [2.45, 2.75) is 25.0 Å². The molecule has 152 valence electrons. The van der Waals surface area contributed by atoms with E-state index < -0.39 is 5.60 Å². The summed E-state index contributed by atoms with van der Waals surface area (Å²) in [6.07, 6.45) is 3.10. The zero-order chi connectivity index (χ0) is 20.6. The Balaban J connectivity index is 1.55. The smallest absolute Gasteiger partial charge is 0.266 e. The zero-order valence-corrected chi connectivity index (χ0v) is 16.5. The van der Waals surface area contributed by atoms with E-state index >= 15 is 0 Å². The number of nitrogens with zero attached hydrogens (tertiary/aromatic N) is 4. The lowest BCUT2D eigenvalue weighted by Gasteiger charge is -2.32. The summed E-state index contributed by atoms with van der Waals surface area (Å²) >= 11 is 0. The third kappa shape index (κ3) is 3.53. The van der Waals surface area contributed by atoms with Crippen LogP contribution in [0.1, 0.15) is 12.8 Å². The number of piperidine rings is 1. The fourth-order valence-electron chi connectivity index (χ4n) is 4.02. The Kier molecular flexibility index (Phi) is 4.69. The maximum absolute atomic E-state index is 12.4. The molecule has 0 unspecified atom stereocenters. The van der Waals surface area contributed by atoms with Crippen LogP contribution in [0.5, 0.6) is 0 Å². The number of fused-ring (bicyclic) bond motifs is 1. The summed E-state index contributed by atoms with van der Waals surface area (Å²) in [5.41, 5.74) is 3.27. The molecular formula is C23H23N5O2. The molecule has 1 aliphatic heterocycles. The number of nitrogens with one attached hydrogen (secondary N) is 1. The number of aromatic nitrogens is 4. The van der Waals surface area contributed by atoms with Crippen LogP contribution < -0.4 is 10.9 Å². The van der Waals surface area contributed by atoms with Crippen LogP contribution in [0, 0.1) is 0 Å². The Morgan fingerprint density at radius 2 is 1.77 bits per heavy atom. The van der Waals surface area contributed by atoms with Gasteiger partial charge < -0.3 is 10.4 Å². The highest BCUT2D eigenvalue weighted by molar-refractivity contribution is 5.81. The van der Waals surface area contributed by atoms with Gasteiger partial charge in [0.15, 0.2) is 0 Å². The first kappa shape index (κ1) is 18.7. The van der Waals surface area contributed by atoms with Crippen molar-refractivity contribution in [2.75, 3.05) is 13.1 Å². The molecule has 0 amide bonds. The van der Waals surface area contributed by atoms with Gasteiger partial charge in [-0.25, -0.2) is 9.20 Å². The van der Waals surface area contributed by atoms with E-state index in [0.29, 0.717) is 18.5 Å². The van der Waals surface area contributed by atoms with E-state index in [1.165, 1.54) is 10.7 Å². The molecular weight excluding hydrogens is 378 g/mol. The maximum atomic E-state index is 12.4. The summed E-state index contributed by atoms with van der Waals surface area (Å²) < 4.78 is 3.22. The van der Waals surface area contributed by atoms with Gasteiger partial charge in [0, 0.05) is 23.4 Å². The molecule has 4 aromatic rings. The number of benzene rings is 1. The maximum Gasteiger partial charge on any atom is 0.266 e. The molecule has 0 saturated carbocycles. The Morgan fingerprint density at radius 1 is 0.967 bits per heavy atom. The van der Waals surface area contributed by atoms with Crippen LogP contribution in [0.4, 0.5) is 0 Å². The van der Waals surface area contributed by atoms with Gasteiger partial charge in [0.25, 0.3) is 5.56 Å². The molecule has 1 fully saturated rings. The average molecular weight is 401 g/mol.